The van der Waals surface area contributed by atoms with Crippen LogP contribution in [0.3, 0.4) is 0 Å². The Morgan fingerprint density at radius 3 is 0.621 bits per heavy atom. The number of phosphoric ester groups is 1. The van der Waals surface area contributed by atoms with Crippen molar-refractivity contribution in [3.05, 3.63) is 0 Å². The molecular formula is C93H186NO8P. The van der Waals surface area contributed by atoms with E-state index in [4.69, 9.17) is 18.5 Å². The maximum Gasteiger partial charge on any atom is 0.306 e. The lowest BCUT2D eigenvalue weighted by Gasteiger charge is -2.28. The van der Waals surface area contributed by atoms with Crippen molar-refractivity contribution >= 4 is 19.8 Å². The summed E-state index contributed by atoms with van der Waals surface area (Å²) in [5, 5.41) is 0. The molecule has 0 saturated carbocycles. The Kier molecular flexibility index (Phi) is 84.2. The molecule has 10 heteroatoms. The summed E-state index contributed by atoms with van der Waals surface area (Å²) >= 11 is 0. The van der Waals surface area contributed by atoms with Gasteiger partial charge in [-0.1, -0.05) is 508 Å². The third-order valence-corrected chi connectivity index (χ3v) is 23.3. The lowest BCUT2D eigenvalue weighted by Crippen LogP contribution is -2.37. The zero-order valence-corrected chi connectivity index (χ0v) is 71.7. The predicted octanol–water partition coefficient (Wildman–Crippen LogP) is 31.3. The molecule has 9 nitrogen and oxygen atoms in total. The van der Waals surface area contributed by atoms with Crippen LogP contribution in [0.1, 0.15) is 534 Å². The molecule has 0 heterocycles. The molecule has 0 aromatic heterocycles. The summed E-state index contributed by atoms with van der Waals surface area (Å²) in [6.07, 6.45) is 109. The van der Waals surface area contributed by atoms with Crippen LogP contribution >= 0.6 is 7.82 Å². The van der Waals surface area contributed by atoms with E-state index in [9.17, 15) is 19.0 Å². The molecule has 0 rings (SSSR count). The van der Waals surface area contributed by atoms with Crippen molar-refractivity contribution in [2.75, 3.05) is 47.5 Å². The Balaban J connectivity index is 3.79. The number of phosphoric acid groups is 1. The molecule has 0 N–H and O–H groups in total. The fourth-order valence-electron chi connectivity index (χ4n) is 15.2. The summed E-state index contributed by atoms with van der Waals surface area (Å²) in [7, 11) is 1.20. The van der Waals surface area contributed by atoms with Crippen LogP contribution in [0.15, 0.2) is 0 Å². The Morgan fingerprint density at radius 1 is 0.262 bits per heavy atom. The molecule has 0 aliphatic heterocycles. The largest absolute Gasteiger partial charge is 0.756 e. The fraction of sp³-hybridized carbons (Fsp3) is 0.978. The van der Waals surface area contributed by atoms with Crippen molar-refractivity contribution in [1.29, 1.82) is 0 Å². The zero-order valence-electron chi connectivity index (χ0n) is 70.8. The first-order valence-electron chi connectivity index (χ1n) is 47.2. The molecule has 0 bridgehead atoms. The van der Waals surface area contributed by atoms with Crippen LogP contribution in [0.2, 0.25) is 0 Å². The summed E-state index contributed by atoms with van der Waals surface area (Å²) < 4.78 is 34.5. The number of esters is 2. The SMILES string of the molecule is CCCCCCCCCCCCCCCCCCCCCCCCCCCCCCCCCCCCCCCCCCCC(=O)OC(COC(=O)CCCCCCCCCCCCCCCCCCCCCCCCCCCCCCCCCCCCCCCC)COP(=O)([O-])OCC[N+](C)(C)C. The molecule has 0 fully saturated rings. The van der Waals surface area contributed by atoms with Crippen LogP contribution in [-0.2, 0) is 32.7 Å². The molecular weight excluding hydrogens is 1290 g/mol. The summed E-state index contributed by atoms with van der Waals surface area (Å²) in [5.74, 6) is -0.797. The van der Waals surface area contributed by atoms with E-state index < -0.39 is 26.5 Å². The molecule has 0 aromatic rings. The van der Waals surface area contributed by atoms with Gasteiger partial charge in [-0.05, 0) is 12.8 Å². The smallest absolute Gasteiger partial charge is 0.306 e. The van der Waals surface area contributed by atoms with Gasteiger partial charge in [0.05, 0.1) is 27.7 Å². The molecule has 0 saturated heterocycles. The second-order valence-corrected chi connectivity index (χ2v) is 35.5. The highest BCUT2D eigenvalue weighted by Gasteiger charge is 2.22. The first kappa shape index (κ1) is 102. The van der Waals surface area contributed by atoms with Crippen molar-refractivity contribution in [3.8, 4) is 0 Å². The Bertz CT molecular complexity index is 1690. The van der Waals surface area contributed by atoms with Gasteiger partial charge in [-0.3, -0.25) is 14.2 Å². The maximum absolute atomic E-state index is 12.9. The van der Waals surface area contributed by atoms with Gasteiger partial charge in [0.15, 0.2) is 6.10 Å². The highest BCUT2D eigenvalue weighted by Crippen LogP contribution is 2.38. The Labute approximate surface area is 645 Å². The van der Waals surface area contributed by atoms with Gasteiger partial charge in [-0.2, -0.15) is 0 Å². The van der Waals surface area contributed by atoms with Crippen molar-refractivity contribution in [1.82, 2.24) is 0 Å². The van der Waals surface area contributed by atoms with E-state index in [2.05, 4.69) is 13.8 Å². The average molecular weight is 1480 g/mol. The molecule has 2 unspecified atom stereocenters. The quantitative estimate of drug-likeness (QED) is 0.0256. The summed E-state index contributed by atoms with van der Waals surface area (Å²) in [5.41, 5.74) is 0. The Morgan fingerprint density at radius 2 is 0.437 bits per heavy atom. The minimum Gasteiger partial charge on any atom is -0.756 e. The molecule has 0 radical (unpaired) electrons. The maximum atomic E-state index is 12.9. The van der Waals surface area contributed by atoms with Crippen molar-refractivity contribution in [2.45, 2.75) is 540 Å². The molecule has 0 aliphatic carbocycles. The number of quaternary nitrogens is 1. The van der Waals surface area contributed by atoms with Gasteiger partial charge in [-0.25, -0.2) is 0 Å². The lowest BCUT2D eigenvalue weighted by atomic mass is 10.0. The highest BCUT2D eigenvalue weighted by molar-refractivity contribution is 7.45. The van der Waals surface area contributed by atoms with Gasteiger partial charge in [0, 0.05) is 12.8 Å². The number of rotatable bonds is 91. The fourth-order valence-corrected chi connectivity index (χ4v) is 15.9. The zero-order chi connectivity index (χ0) is 74.7. The third kappa shape index (κ3) is 89.8. The van der Waals surface area contributed by atoms with Crippen LogP contribution in [-0.4, -0.2) is 70.0 Å². The van der Waals surface area contributed by atoms with E-state index >= 15 is 0 Å². The average Bonchev–Trinajstić information content (AvgIpc) is 0.971. The van der Waals surface area contributed by atoms with E-state index in [1.54, 1.807) is 0 Å². The molecule has 0 aromatic carbocycles. The van der Waals surface area contributed by atoms with Crippen LogP contribution in [0.4, 0.5) is 0 Å². The van der Waals surface area contributed by atoms with Gasteiger partial charge in [0.2, 0.25) is 0 Å². The van der Waals surface area contributed by atoms with Gasteiger partial charge < -0.3 is 27.9 Å². The normalized spacial score (nSPS) is 12.8. The first-order chi connectivity index (χ1) is 50.5. The van der Waals surface area contributed by atoms with Crippen LogP contribution < -0.4 is 4.89 Å². The van der Waals surface area contributed by atoms with Crippen molar-refractivity contribution in [2.24, 2.45) is 0 Å². The first-order valence-corrected chi connectivity index (χ1v) is 48.7. The van der Waals surface area contributed by atoms with Crippen molar-refractivity contribution in [3.63, 3.8) is 0 Å². The monoisotopic (exact) mass is 1480 g/mol. The number of unbranched alkanes of at least 4 members (excludes halogenated alkanes) is 77. The number of carbonyl (C=O) groups excluding carboxylic acids is 2. The summed E-state index contributed by atoms with van der Waals surface area (Å²) in [6, 6.07) is 0. The predicted molar refractivity (Wildman–Crippen MR) is 449 cm³/mol. The number of ether oxygens (including phenoxy) is 2. The van der Waals surface area contributed by atoms with E-state index in [0.29, 0.717) is 17.4 Å². The van der Waals surface area contributed by atoms with Crippen LogP contribution in [0.25, 0.3) is 0 Å². The Hall–Kier alpha value is -0.990. The number of likely N-dealkylation sites (N-methyl/N-ethyl adjacent to an activating group) is 1. The second kappa shape index (κ2) is 85.0. The van der Waals surface area contributed by atoms with Gasteiger partial charge in [-0.15, -0.1) is 0 Å². The van der Waals surface area contributed by atoms with E-state index in [1.807, 2.05) is 21.1 Å². The van der Waals surface area contributed by atoms with Gasteiger partial charge in [0.25, 0.3) is 7.82 Å². The van der Waals surface area contributed by atoms with Gasteiger partial charge >= 0.3 is 11.9 Å². The lowest BCUT2D eigenvalue weighted by molar-refractivity contribution is -0.870. The van der Waals surface area contributed by atoms with Crippen molar-refractivity contribution < 1.29 is 42.1 Å². The highest BCUT2D eigenvalue weighted by atomic mass is 31.2. The minimum atomic E-state index is -4.64. The van der Waals surface area contributed by atoms with E-state index in [1.165, 1.54) is 469 Å². The molecule has 0 aliphatic rings. The number of nitrogens with zero attached hydrogens (tertiary/aromatic N) is 1. The molecule has 0 spiro atoms. The number of hydrogen-bond donors (Lipinski definition) is 0. The third-order valence-electron chi connectivity index (χ3n) is 22.4. The number of carbonyl (C=O) groups is 2. The van der Waals surface area contributed by atoms with E-state index in [0.717, 1.165) is 32.1 Å². The molecule has 616 valence electrons. The second-order valence-electron chi connectivity index (χ2n) is 34.1. The van der Waals surface area contributed by atoms with Crippen LogP contribution in [0, 0.1) is 0 Å². The minimum absolute atomic E-state index is 0.0245. The summed E-state index contributed by atoms with van der Waals surface area (Å²) in [4.78, 5) is 38.3. The molecule has 0 amide bonds. The topological polar surface area (TPSA) is 111 Å². The molecule has 2 atom stereocenters. The molecule has 103 heavy (non-hydrogen) atoms. The van der Waals surface area contributed by atoms with Gasteiger partial charge in [0.1, 0.15) is 19.8 Å². The summed E-state index contributed by atoms with van der Waals surface area (Å²) in [6.45, 7) is 4.36. The number of hydrogen-bond acceptors (Lipinski definition) is 8. The van der Waals surface area contributed by atoms with E-state index in [-0.39, 0.29) is 32.0 Å². The van der Waals surface area contributed by atoms with Crippen LogP contribution in [0.5, 0.6) is 0 Å². The standard InChI is InChI=1S/C93H186NO8P/c1-6-8-10-12-14-16-18-20-22-24-26-28-30-32-34-36-38-40-42-44-46-47-48-50-52-54-56-58-60-62-64-66-68-70-72-74-76-78-80-82-84-86-93(96)102-91(90-101-103(97,98)100-88-87-94(3,4)5)89-99-92(95)85-83-81-79-77-75-73-71-69-67-65-63-61-59-57-55-53-51-49-45-43-41-39-37-35-33-31-29-27-25-23-21-19-17-15-13-11-9-7-2/h91H,6-90H2,1-5H3.